The molecule has 0 spiro atoms. The number of carbonyl (C=O) groups is 1. The van der Waals surface area contributed by atoms with Crippen LogP contribution in [0.15, 0.2) is 22.7 Å². The van der Waals surface area contributed by atoms with Gasteiger partial charge in [0.2, 0.25) is 5.91 Å². The average molecular weight is 340 g/mol. The number of nitrogens with one attached hydrogen (secondary N) is 2. The van der Waals surface area contributed by atoms with Crippen LogP contribution in [-0.2, 0) is 11.3 Å². The van der Waals surface area contributed by atoms with Gasteiger partial charge in [-0.05, 0) is 31.0 Å². The van der Waals surface area contributed by atoms with Crippen molar-refractivity contribution in [2.45, 2.75) is 26.4 Å². The minimum Gasteiger partial charge on any atom is -0.355 e. The van der Waals surface area contributed by atoms with Crippen LogP contribution in [0.25, 0.3) is 0 Å². The van der Waals surface area contributed by atoms with E-state index in [0.29, 0.717) is 6.54 Å². The number of nitrogens with zero attached hydrogens (tertiary/aromatic N) is 1. The molecule has 20 heavy (non-hydrogen) atoms. The third-order valence-electron chi connectivity index (χ3n) is 3.63. The Bertz CT molecular complexity index is 478. The highest BCUT2D eigenvalue weighted by molar-refractivity contribution is 9.10. The number of amides is 1. The maximum absolute atomic E-state index is 12.1. The van der Waals surface area contributed by atoms with Gasteiger partial charge in [0.25, 0.3) is 0 Å². The lowest BCUT2D eigenvalue weighted by Crippen LogP contribution is -2.57. The molecule has 1 aromatic rings. The fraction of sp³-hybridized carbons (Fsp3) is 0.533. The fourth-order valence-corrected chi connectivity index (χ4v) is 2.88. The molecule has 5 heteroatoms. The van der Waals surface area contributed by atoms with E-state index in [1.807, 2.05) is 6.92 Å². The molecule has 0 saturated carbocycles. The normalized spacial score (nSPS) is 19.9. The summed E-state index contributed by atoms with van der Waals surface area (Å²) < 4.78 is 1.12. The topological polar surface area (TPSA) is 44.4 Å². The monoisotopic (exact) mass is 339 g/mol. The Kier molecular flexibility index (Phi) is 5.57. The van der Waals surface area contributed by atoms with Gasteiger partial charge in [0, 0.05) is 37.2 Å². The van der Waals surface area contributed by atoms with Crippen molar-refractivity contribution >= 4 is 21.8 Å². The van der Waals surface area contributed by atoms with Gasteiger partial charge < -0.3 is 10.6 Å². The van der Waals surface area contributed by atoms with E-state index in [0.717, 1.165) is 30.7 Å². The van der Waals surface area contributed by atoms with E-state index in [1.165, 1.54) is 11.1 Å². The predicted molar refractivity (Wildman–Crippen MR) is 84.6 cm³/mol. The summed E-state index contributed by atoms with van der Waals surface area (Å²) in [7, 11) is 0. The zero-order valence-electron chi connectivity index (χ0n) is 12.1. The lowest BCUT2D eigenvalue weighted by molar-refractivity contribution is -0.127. The SMILES string of the molecule is CCNC(=O)C1CNCCN1Cc1ccc(C)c(Br)c1. The second kappa shape index (κ2) is 7.20. The predicted octanol–water partition coefficient (Wildman–Crippen LogP) is 1.67. The number of benzene rings is 1. The lowest BCUT2D eigenvalue weighted by atomic mass is 10.1. The molecule has 1 amide bonds. The van der Waals surface area contributed by atoms with Crippen LogP contribution in [0.4, 0.5) is 0 Å². The van der Waals surface area contributed by atoms with E-state index in [4.69, 9.17) is 0 Å². The van der Waals surface area contributed by atoms with Crippen LogP contribution >= 0.6 is 15.9 Å². The molecule has 2 rings (SSSR count). The first kappa shape index (κ1) is 15.5. The summed E-state index contributed by atoms with van der Waals surface area (Å²) in [6.45, 7) is 8.07. The number of rotatable bonds is 4. The first-order valence-electron chi connectivity index (χ1n) is 7.09. The zero-order valence-corrected chi connectivity index (χ0v) is 13.7. The van der Waals surface area contributed by atoms with E-state index in [-0.39, 0.29) is 11.9 Å². The fourth-order valence-electron chi connectivity index (χ4n) is 2.46. The van der Waals surface area contributed by atoms with Gasteiger partial charge in [0.05, 0.1) is 0 Å². The third-order valence-corrected chi connectivity index (χ3v) is 4.48. The molecule has 0 aromatic heterocycles. The minimum absolute atomic E-state index is 0.0798. The number of piperazine rings is 1. The highest BCUT2D eigenvalue weighted by atomic mass is 79.9. The number of hydrogen-bond acceptors (Lipinski definition) is 3. The molecule has 1 heterocycles. The second-order valence-corrected chi connectivity index (χ2v) is 6.02. The molecule has 110 valence electrons. The number of hydrogen-bond donors (Lipinski definition) is 2. The van der Waals surface area contributed by atoms with E-state index in [9.17, 15) is 4.79 Å². The molecule has 1 atom stereocenters. The molecular formula is C15H22BrN3O. The van der Waals surface area contributed by atoms with E-state index >= 15 is 0 Å². The number of likely N-dealkylation sites (N-methyl/N-ethyl adjacent to an activating group) is 1. The van der Waals surface area contributed by atoms with Crippen LogP contribution < -0.4 is 10.6 Å². The standard InChI is InChI=1S/C15H22BrN3O/c1-3-18-15(20)14-9-17-6-7-19(14)10-12-5-4-11(2)13(16)8-12/h4-5,8,14,17H,3,6-7,9-10H2,1-2H3,(H,18,20). The molecule has 1 unspecified atom stereocenters. The van der Waals surface area contributed by atoms with Crippen molar-refractivity contribution in [3.63, 3.8) is 0 Å². The molecule has 2 N–H and O–H groups in total. The van der Waals surface area contributed by atoms with Crippen molar-refractivity contribution in [1.29, 1.82) is 0 Å². The molecule has 1 aliphatic heterocycles. The second-order valence-electron chi connectivity index (χ2n) is 5.17. The van der Waals surface area contributed by atoms with Crippen molar-refractivity contribution in [2.24, 2.45) is 0 Å². The number of aryl methyl sites for hydroxylation is 1. The van der Waals surface area contributed by atoms with Crippen LogP contribution in [0, 0.1) is 6.92 Å². The van der Waals surface area contributed by atoms with Gasteiger partial charge in [0.1, 0.15) is 6.04 Å². The Morgan fingerprint density at radius 2 is 2.35 bits per heavy atom. The first-order chi connectivity index (χ1) is 9.61. The molecule has 1 aromatic carbocycles. The van der Waals surface area contributed by atoms with Crippen molar-refractivity contribution in [3.8, 4) is 0 Å². The molecular weight excluding hydrogens is 318 g/mol. The van der Waals surface area contributed by atoms with Gasteiger partial charge in [-0.25, -0.2) is 0 Å². The summed E-state index contributed by atoms with van der Waals surface area (Å²) in [5.74, 6) is 0.117. The van der Waals surface area contributed by atoms with Crippen LogP contribution in [-0.4, -0.2) is 43.0 Å². The van der Waals surface area contributed by atoms with Crippen LogP contribution in [0.5, 0.6) is 0 Å². The summed E-state index contributed by atoms with van der Waals surface area (Å²) in [6.07, 6.45) is 0. The van der Waals surface area contributed by atoms with Gasteiger partial charge in [-0.15, -0.1) is 0 Å². The van der Waals surface area contributed by atoms with Gasteiger partial charge >= 0.3 is 0 Å². The molecule has 0 aliphatic carbocycles. The van der Waals surface area contributed by atoms with E-state index in [1.54, 1.807) is 0 Å². The molecule has 0 radical (unpaired) electrons. The Hall–Kier alpha value is -0.910. The first-order valence-corrected chi connectivity index (χ1v) is 7.88. The molecule has 1 aliphatic rings. The average Bonchev–Trinajstić information content (AvgIpc) is 2.44. The summed E-state index contributed by atoms with van der Waals surface area (Å²) >= 11 is 3.57. The Morgan fingerprint density at radius 1 is 1.55 bits per heavy atom. The maximum atomic E-state index is 12.1. The molecule has 4 nitrogen and oxygen atoms in total. The summed E-state index contributed by atoms with van der Waals surface area (Å²) in [6, 6.07) is 6.31. The number of carbonyl (C=O) groups excluding carboxylic acids is 1. The van der Waals surface area contributed by atoms with Crippen molar-refractivity contribution in [3.05, 3.63) is 33.8 Å². The molecule has 1 saturated heterocycles. The molecule has 0 bridgehead atoms. The summed E-state index contributed by atoms with van der Waals surface area (Å²) in [5.41, 5.74) is 2.47. The smallest absolute Gasteiger partial charge is 0.238 e. The maximum Gasteiger partial charge on any atom is 0.238 e. The Labute approximate surface area is 129 Å². The zero-order chi connectivity index (χ0) is 14.5. The number of halogens is 1. The largest absolute Gasteiger partial charge is 0.355 e. The minimum atomic E-state index is -0.0798. The lowest BCUT2D eigenvalue weighted by Gasteiger charge is -2.35. The van der Waals surface area contributed by atoms with E-state index < -0.39 is 0 Å². The van der Waals surface area contributed by atoms with Crippen LogP contribution in [0.1, 0.15) is 18.1 Å². The summed E-state index contributed by atoms with van der Waals surface area (Å²) in [5, 5.41) is 6.22. The quantitative estimate of drug-likeness (QED) is 0.876. The Morgan fingerprint density at radius 3 is 3.05 bits per heavy atom. The van der Waals surface area contributed by atoms with Gasteiger partial charge in [-0.1, -0.05) is 28.1 Å². The van der Waals surface area contributed by atoms with Crippen molar-refractivity contribution < 1.29 is 4.79 Å². The molecule has 1 fully saturated rings. The summed E-state index contributed by atoms with van der Waals surface area (Å²) in [4.78, 5) is 14.4. The highest BCUT2D eigenvalue weighted by Gasteiger charge is 2.28. The van der Waals surface area contributed by atoms with E-state index in [2.05, 4.69) is 56.6 Å². The van der Waals surface area contributed by atoms with Gasteiger partial charge in [0.15, 0.2) is 0 Å². The van der Waals surface area contributed by atoms with Crippen molar-refractivity contribution in [2.75, 3.05) is 26.2 Å². The van der Waals surface area contributed by atoms with Gasteiger partial charge in [-0.3, -0.25) is 9.69 Å². The van der Waals surface area contributed by atoms with Crippen molar-refractivity contribution in [1.82, 2.24) is 15.5 Å². The van der Waals surface area contributed by atoms with Crippen LogP contribution in [0.2, 0.25) is 0 Å². The van der Waals surface area contributed by atoms with Gasteiger partial charge in [-0.2, -0.15) is 0 Å². The highest BCUT2D eigenvalue weighted by Crippen LogP contribution is 2.19. The third kappa shape index (κ3) is 3.81. The Balaban J connectivity index is 2.08. The van der Waals surface area contributed by atoms with Crippen LogP contribution in [0.3, 0.4) is 0 Å².